The molecule has 1 aliphatic rings. The zero-order valence-electron chi connectivity index (χ0n) is 12.8. The lowest BCUT2D eigenvalue weighted by Crippen LogP contribution is -2.42. The lowest BCUT2D eigenvalue weighted by Gasteiger charge is -2.33. The molecule has 0 aliphatic carbocycles. The Morgan fingerprint density at radius 3 is 2.59 bits per heavy atom. The number of aromatic nitrogens is 1. The molecule has 1 aromatic heterocycles. The average molecular weight is 302 g/mol. The molecule has 1 amide bonds. The fraction of sp³-hybridized carbons (Fsp3) is 0.353. The monoisotopic (exact) mass is 302 g/mol. The Morgan fingerprint density at radius 2 is 1.95 bits per heavy atom. The Morgan fingerprint density at radius 1 is 1.23 bits per heavy atom. The van der Waals surface area contributed by atoms with Crippen molar-refractivity contribution in [2.45, 2.75) is 13.0 Å². The summed E-state index contributed by atoms with van der Waals surface area (Å²) >= 11 is 0. The SMILES string of the molecule is Cc1ccc(C(=O)N2CCO[C@H](c3ccc(F)cc3)C2)n1C. The molecule has 1 fully saturated rings. The maximum absolute atomic E-state index is 13.0. The predicted molar refractivity (Wildman–Crippen MR) is 81.1 cm³/mol. The molecule has 1 atom stereocenters. The van der Waals surface area contributed by atoms with Crippen LogP contribution in [0.2, 0.25) is 0 Å². The molecule has 5 heteroatoms. The Balaban J connectivity index is 1.76. The second-order valence-corrected chi connectivity index (χ2v) is 5.58. The van der Waals surface area contributed by atoms with E-state index in [0.717, 1.165) is 11.3 Å². The molecule has 0 saturated carbocycles. The van der Waals surface area contributed by atoms with Gasteiger partial charge in [-0.15, -0.1) is 0 Å². The molecule has 2 heterocycles. The van der Waals surface area contributed by atoms with Gasteiger partial charge >= 0.3 is 0 Å². The van der Waals surface area contributed by atoms with E-state index in [0.29, 0.717) is 25.4 Å². The predicted octanol–water partition coefficient (Wildman–Crippen LogP) is 2.69. The van der Waals surface area contributed by atoms with E-state index in [1.165, 1.54) is 12.1 Å². The van der Waals surface area contributed by atoms with E-state index in [1.54, 1.807) is 17.0 Å². The highest BCUT2D eigenvalue weighted by Gasteiger charge is 2.27. The fourth-order valence-electron chi connectivity index (χ4n) is 2.70. The molecule has 116 valence electrons. The van der Waals surface area contributed by atoms with Gasteiger partial charge in [-0.25, -0.2) is 4.39 Å². The summed E-state index contributed by atoms with van der Waals surface area (Å²) in [5.41, 5.74) is 2.62. The Bertz CT molecular complexity index is 678. The fourth-order valence-corrected chi connectivity index (χ4v) is 2.70. The van der Waals surface area contributed by atoms with Crippen LogP contribution in [0.3, 0.4) is 0 Å². The maximum atomic E-state index is 13.0. The van der Waals surface area contributed by atoms with Crippen molar-refractivity contribution in [1.82, 2.24) is 9.47 Å². The average Bonchev–Trinajstić information content (AvgIpc) is 2.87. The quantitative estimate of drug-likeness (QED) is 0.855. The van der Waals surface area contributed by atoms with Gasteiger partial charge in [0.2, 0.25) is 0 Å². The molecule has 0 unspecified atom stereocenters. The molecule has 4 nitrogen and oxygen atoms in total. The second kappa shape index (κ2) is 5.93. The van der Waals surface area contributed by atoms with Crippen LogP contribution in [0.25, 0.3) is 0 Å². The third kappa shape index (κ3) is 2.76. The van der Waals surface area contributed by atoms with Crippen LogP contribution in [0, 0.1) is 12.7 Å². The van der Waals surface area contributed by atoms with Gasteiger partial charge in [0.25, 0.3) is 5.91 Å². The van der Waals surface area contributed by atoms with Crippen molar-refractivity contribution < 1.29 is 13.9 Å². The number of carbonyl (C=O) groups is 1. The molecule has 1 aromatic carbocycles. The normalized spacial score (nSPS) is 18.5. The first-order chi connectivity index (χ1) is 10.6. The topological polar surface area (TPSA) is 34.5 Å². The van der Waals surface area contributed by atoms with Crippen LogP contribution in [0.15, 0.2) is 36.4 Å². The number of rotatable bonds is 2. The van der Waals surface area contributed by atoms with Crippen molar-refractivity contribution in [1.29, 1.82) is 0 Å². The van der Waals surface area contributed by atoms with Gasteiger partial charge in [0.1, 0.15) is 17.6 Å². The number of hydrogen-bond acceptors (Lipinski definition) is 2. The maximum Gasteiger partial charge on any atom is 0.270 e. The lowest BCUT2D eigenvalue weighted by atomic mass is 10.1. The van der Waals surface area contributed by atoms with Gasteiger partial charge in [0.05, 0.1) is 13.2 Å². The van der Waals surface area contributed by atoms with Gasteiger partial charge in [-0.3, -0.25) is 4.79 Å². The molecule has 3 rings (SSSR count). The van der Waals surface area contributed by atoms with Crippen LogP contribution in [-0.2, 0) is 11.8 Å². The number of nitrogens with zero attached hydrogens (tertiary/aromatic N) is 2. The number of benzene rings is 1. The van der Waals surface area contributed by atoms with E-state index in [4.69, 9.17) is 4.74 Å². The number of carbonyl (C=O) groups excluding carboxylic acids is 1. The first-order valence-corrected chi connectivity index (χ1v) is 7.35. The molecule has 0 spiro atoms. The van der Waals surface area contributed by atoms with Gasteiger partial charge in [-0.2, -0.15) is 0 Å². The largest absolute Gasteiger partial charge is 0.370 e. The van der Waals surface area contributed by atoms with Crippen LogP contribution in [-0.4, -0.2) is 35.1 Å². The molecule has 0 bridgehead atoms. The molecular weight excluding hydrogens is 283 g/mol. The summed E-state index contributed by atoms with van der Waals surface area (Å²) in [5.74, 6) is -0.266. The van der Waals surface area contributed by atoms with Crippen LogP contribution in [0.1, 0.15) is 27.8 Å². The zero-order chi connectivity index (χ0) is 15.7. The van der Waals surface area contributed by atoms with Crippen molar-refractivity contribution in [2.24, 2.45) is 7.05 Å². The van der Waals surface area contributed by atoms with E-state index in [2.05, 4.69) is 0 Å². The third-order valence-corrected chi connectivity index (χ3v) is 4.19. The molecule has 0 N–H and O–H groups in total. The van der Waals surface area contributed by atoms with Crippen molar-refractivity contribution in [3.63, 3.8) is 0 Å². The molecule has 22 heavy (non-hydrogen) atoms. The Labute approximate surface area is 129 Å². The second-order valence-electron chi connectivity index (χ2n) is 5.58. The van der Waals surface area contributed by atoms with Crippen molar-refractivity contribution in [3.05, 3.63) is 59.2 Å². The highest BCUT2D eigenvalue weighted by Crippen LogP contribution is 2.23. The summed E-state index contributed by atoms with van der Waals surface area (Å²) in [7, 11) is 1.89. The van der Waals surface area contributed by atoms with Gasteiger partial charge < -0.3 is 14.2 Å². The minimum Gasteiger partial charge on any atom is -0.370 e. The molecule has 2 aromatic rings. The van der Waals surface area contributed by atoms with Crippen LogP contribution >= 0.6 is 0 Å². The van der Waals surface area contributed by atoms with Gasteiger partial charge in [0, 0.05) is 19.3 Å². The summed E-state index contributed by atoms with van der Waals surface area (Å²) in [5, 5.41) is 0. The van der Waals surface area contributed by atoms with E-state index in [-0.39, 0.29) is 17.8 Å². The Kier molecular flexibility index (Phi) is 3.98. The number of morpholine rings is 1. The number of ether oxygens (including phenoxy) is 1. The van der Waals surface area contributed by atoms with E-state index < -0.39 is 0 Å². The summed E-state index contributed by atoms with van der Waals surface area (Å²) in [4.78, 5) is 14.5. The van der Waals surface area contributed by atoms with Crippen molar-refractivity contribution in [3.8, 4) is 0 Å². The van der Waals surface area contributed by atoms with Gasteiger partial charge in [-0.05, 0) is 36.8 Å². The summed E-state index contributed by atoms with van der Waals surface area (Å²) in [6.45, 7) is 3.50. The van der Waals surface area contributed by atoms with E-state index in [9.17, 15) is 9.18 Å². The van der Waals surface area contributed by atoms with Crippen molar-refractivity contribution in [2.75, 3.05) is 19.7 Å². The number of hydrogen-bond donors (Lipinski definition) is 0. The minimum atomic E-state index is -0.272. The smallest absolute Gasteiger partial charge is 0.270 e. The number of amides is 1. The summed E-state index contributed by atoms with van der Waals surface area (Å²) < 4.78 is 20.6. The van der Waals surface area contributed by atoms with Gasteiger partial charge in [0.15, 0.2) is 0 Å². The minimum absolute atomic E-state index is 0.00557. The van der Waals surface area contributed by atoms with Gasteiger partial charge in [-0.1, -0.05) is 12.1 Å². The molecule has 1 aliphatic heterocycles. The van der Waals surface area contributed by atoms with Crippen LogP contribution in [0.5, 0.6) is 0 Å². The summed E-state index contributed by atoms with van der Waals surface area (Å²) in [6, 6.07) is 10.0. The van der Waals surface area contributed by atoms with E-state index in [1.807, 2.05) is 30.7 Å². The number of halogens is 1. The van der Waals surface area contributed by atoms with Crippen molar-refractivity contribution >= 4 is 5.91 Å². The molecular formula is C17H19FN2O2. The first kappa shape index (κ1) is 14.8. The highest BCUT2D eigenvalue weighted by atomic mass is 19.1. The standard InChI is InChI=1S/C17H19FN2O2/c1-12-3-8-15(19(12)2)17(21)20-9-10-22-16(11-20)13-4-6-14(18)7-5-13/h3-8,16H,9-11H2,1-2H3/t16-/m0/s1. The zero-order valence-corrected chi connectivity index (χ0v) is 12.8. The van der Waals surface area contributed by atoms with Crippen LogP contribution in [0.4, 0.5) is 4.39 Å². The first-order valence-electron chi connectivity index (χ1n) is 7.35. The Hall–Kier alpha value is -2.14. The highest BCUT2D eigenvalue weighted by molar-refractivity contribution is 5.93. The third-order valence-electron chi connectivity index (χ3n) is 4.19. The molecule has 1 saturated heterocycles. The van der Waals surface area contributed by atoms with E-state index >= 15 is 0 Å². The lowest BCUT2D eigenvalue weighted by molar-refractivity contribution is -0.0231. The molecule has 0 radical (unpaired) electrons. The number of aryl methyl sites for hydroxylation is 1. The summed E-state index contributed by atoms with van der Waals surface area (Å²) in [6.07, 6.45) is -0.209. The van der Waals surface area contributed by atoms with Crippen LogP contribution < -0.4 is 0 Å².